The van der Waals surface area contributed by atoms with Crippen molar-refractivity contribution in [3.8, 4) is 11.5 Å². The highest BCUT2D eigenvalue weighted by atomic mass is 16.5. The van der Waals surface area contributed by atoms with Crippen molar-refractivity contribution in [2.24, 2.45) is 11.1 Å². The number of hydrogen-bond acceptors (Lipinski definition) is 4. The number of benzene rings is 1. The third-order valence-electron chi connectivity index (χ3n) is 2.87. The molecule has 5 heteroatoms. The first-order chi connectivity index (χ1) is 8.79. The Balaban J connectivity index is 2.86. The van der Waals surface area contributed by atoms with Gasteiger partial charge >= 0.3 is 0 Å². The van der Waals surface area contributed by atoms with Gasteiger partial charge in [-0.25, -0.2) is 0 Å². The second-order valence-electron chi connectivity index (χ2n) is 5.40. The summed E-state index contributed by atoms with van der Waals surface area (Å²) in [6, 6.07) is 4.60. The normalized spacial score (nSPS) is 12.7. The van der Waals surface area contributed by atoms with Crippen molar-refractivity contribution in [2.45, 2.75) is 26.8 Å². The maximum absolute atomic E-state index is 12.0. The summed E-state index contributed by atoms with van der Waals surface area (Å²) in [5, 5.41) is 2.77. The van der Waals surface area contributed by atoms with Crippen molar-refractivity contribution >= 4 is 11.6 Å². The Labute approximate surface area is 114 Å². The van der Waals surface area contributed by atoms with Gasteiger partial charge in [0.05, 0.1) is 20.3 Å². The van der Waals surface area contributed by atoms with Crippen LogP contribution in [0.3, 0.4) is 0 Å². The quantitative estimate of drug-likeness (QED) is 0.874. The zero-order valence-corrected chi connectivity index (χ0v) is 12.1. The van der Waals surface area contributed by atoms with Crippen LogP contribution in [-0.4, -0.2) is 26.2 Å². The molecule has 1 atom stereocenters. The van der Waals surface area contributed by atoms with Crippen molar-refractivity contribution in [1.29, 1.82) is 0 Å². The minimum atomic E-state index is -0.583. The summed E-state index contributed by atoms with van der Waals surface area (Å²) in [6.07, 6.45) is 0. The molecular weight excluding hydrogens is 244 g/mol. The van der Waals surface area contributed by atoms with E-state index in [1.807, 2.05) is 20.8 Å². The molecule has 0 heterocycles. The molecule has 1 rings (SSSR count). The van der Waals surface area contributed by atoms with Crippen LogP contribution in [0.5, 0.6) is 11.5 Å². The summed E-state index contributed by atoms with van der Waals surface area (Å²) in [4.78, 5) is 12.0. The number of nitrogens with one attached hydrogen (secondary N) is 1. The summed E-state index contributed by atoms with van der Waals surface area (Å²) >= 11 is 0. The Morgan fingerprint density at radius 3 is 2.26 bits per heavy atom. The van der Waals surface area contributed by atoms with E-state index in [-0.39, 0.29) is 11.3 Å². The predicted molar refractivity (Wildman–Crippen MR) is 75.6 cm³/mol. The molecular formula is C14H22N2O3. The van der Waals surface area contributed by atoms with Gasteiger partial charge in [-0.05, 0) is 17.5 Å². The van der Waals surface area contributed by atoms with E-state index in [9.17, 15) is 4.79 Å². The molecule has 106 valence electrons. The summed E-state index contributed by atoms with van der Waals surface area (Å²) in [7, 11) is 3.11. The molecule has 1 unspecified atom stereocenters. The van der Waals surface area contributed by atoms with Crippen LogP contribution < -0.4 is 20.5 Å². The lowest BCUT2D eigenvalue weighted by Crippen LogP contribution is -2.45. The molecule has 5 nitrogen and oxygen atoms in total. The summed E-state index contributed by atoms with van der Waals surface area (Å²) < 4.78 is 10.3. The van der Waals surface area contributed by atoms with Gasteiger partial charge in [0.25, 0.3) is 0 Å². The number of anilines is 1. The standard InChI is InChI=1S/C14H22N2O3/c1-14(2,3)12(15)13(17)16-9-6-7-10(18-4)11(8-9)19-5/h6-8,12H,15H2,1-5H3,(H,16,17). The molecule has 1 aromatic rings. The largest absolute Gasteiger partial charge is 0.493 e. The number of nitrogens with two attached hydrogens (primary N) is 1. The number of carbonyl (C=O) groups is 1. The van der Waals surface area contributed by atoms with Crippen LogP contribution in [0.25, 0.3) is 0 Å². The van der Waals surface area contributed by atoms with E-state index in [0.717, 1.165) is 0 Å². The zero-order valence-electron chi connectivity index (χ0n) is 12.1. The highest BCUT2D eigenvalue weighted by Crippen LogP contribution is 2.30. The second kappa shape index (κ2) is 5.93. The first-order valence-corrected chi connectivity index (χ1v) is 6.08. The molecule has 3 N–H and O–H groups in total. The van der Waals surface area contributed by atoms with E-state index in [1.54, 1.807) is 32.4 Å². The number of amides is 1. The number of rotatable bonds is 4. The van der Waals surface area contributed by atoms with Gasteiger partial charge in [0.1, 0.15) is 0 Å². The van der Waals surface area contributed by atoms with Crippen LogP contribution in [0.15, 0.2) is 18.2 Å². The minimum absolute atomic E-state index is 0.222. The zero-order chi connectivity index (χ0) is 14.6. The lowest BCUT2D eigenvalue weighted by Gasteiger charge is -2.25. The smallest absolute Gasteiger partial charge is 0.241 e. The molecule has 19 heavy (non-hydrogen) atoms. The van der Waals surface area contributed by atoms with Crippen LogP contribution in [0.4, 0.5) is 5.69 Å². The van der Waals surface area contributed by atoms with Gasteiger partial charge in [0.15, 0.2) is 11.5 Å². The summed E-state index contributed by atoms with van der Waals surface area (Å²) in [6.45, 7) is 5.77. The maximum Gasteiger partial charge on any atom is 0.241 e. The van der Waals surface area contributed by atoms with Crippen LogP contribution in [-0.2, 0) is 4.79 Å². The molecule has 0 spiro atoms. The van der Waals surface area contributed by atoms with Gasteiger partial charge in [0, 0.05) is 11.8 Å². The SMILES string of the molecule is COc1ccc(NC(=O)C(N)C(C)(C)C)cc1OC. The molecule has 0 aliphatic rings. The highest BCUT2D eigenvalue weighted by Gasteiger charge is 2.27. The molecule has 0 fully saturated rings. The minimum Gasteiger partial charge on any atom is -0.493 e. The Kier molecular flexibility index (Phi) is 4.78. The average Bonchev–Trinajstić information content (AvgIpc) is 2.36. The third kappa shape index (κ3) is 3.86. The molecule has 0 saturated carbocycles. The van der Waals surface area contributed by atoms with E-state index < -0.39 is 6.04 Å². The van der Waals surface area contributed by atoms with Gasteiger partial charge in [-0.3, -0.25) is 4.79 Å². The molecule has 0 radical (unpaired) electrons. The fourth-order valence-corrected chi connectivity index (χ4v) is 1.53. The number of carbonyl (C=O) groups excluding carboxylic acids is 1. The lowest BCUT2D eigenvalue weighted by molar-refractivity contribution is -0.119. The molecule has 1 amide bonds. The van der Waals surface area contributed by atoms with Crippen LogP contribution >= 0.6 is 0 Å². The first-order valence-electron chi connectivity index (χ1n) is 6.08. The van der Waals surface area contributed by atoms with E-state index in [1.165, 1.54) is 0 Å². The Hall–Kier alpha value is -1.75. The van der Waals surface area contributed by atoms with Gasteiger partial charge < -0.3 is 20.5 Å². The van der Waals surface area contributed by atoms with Crippen LogP contribution in [0.1, 0.15) is 20.8 Å². The van der Waals surface area contributed by atoms with Gasteiger partial charge in [-0.15, -0.1) is 0 Å². The summed E-state index contributed by atoms with van der Waals surface area (Å²) in [5.41, 5.74) is 6.24. The van der Waals surface area contributed by atoms with Gasteiger partial charge in [0.2, 0.25) is 5.91 Å². The number of ether oxygens (including phenoxy) is 2. The Morgan fingerprint density at radius 2 is 1.79 bits per heavy atom. The summed E-state index contributed by atoms with van der Waals surface area (Å²) in [5.74, 6) is 0.949. The van der Waals surface area contributed by atoms with Crippen molar-refractivity contribution < 1.29 is 14.3 Å². The molecule has 0 saturated heterocycles. The number of hydrogen-bond donors (Lipinski definition) is 2. The van der Waals surface area contributed by atoms with E-state index in [0.29, 0.717) is 17.2 Å². The van der Waals surface area contributed by atoms with Crippen molar-refractivity contribution in [2.75, 3.05) is 19.5 Å². The lowest BCUT2D eigenvalue weighted by atomic mass is 9.87. The third-order valence-corrected chi connectivity index (χ3v) is 2.87. The molecule has 0 bridgehead atoms. The average molecular weight is 266 g/mol. The van der Waals surface area contributed by atoms with Crippen molar-refractivity contribution in [3.05, 3.63) is 18.2 Å². The molecule has 0 aliphatic heterocycles. The molecule has 1 aromatic carbocycles. The Bertz CT molecular complexity index is 452. The van der Waals surface area contributed by atoms with Gasteiger partial charge in [-0.2, -0.15) is 0 Å². The molecule has 0 aromatic heterocycles. The monoisotopic (exact) mass is 266 g/mol. The fourth-order valence-electron chi connectivity index (χ4n) is 1.53. The Morgan fingerprint density at radius 1 is 1.21 bits per heavy atom. The van der Waals surface area contributed by atoms with E-state index >= 15 is 0 Å². The topological polar surface area (TPSA) is 73.6 Å². The fraction of sp³-hybridized carbons (Fsp3) is 0.500. The van der Waals surface area contributed by atoms with Crippen LogP contribution in [0, 0.1) is 5.41 Å². The predicted octanol–water partition coefficient (Wildman–Crippen LogP) is 2.02. The highest BCUT2D eigenvalue weighted by molar-refractivity contribution is 5.95. The van der Waals surface area contributed by atoms with E-state index in [4.69, 9.17) is 15.2 Å². The van der Waals surface area contributed by atoms with Crippen LogP contribution in [0.2, 0.25) is 0 Å². The van der Waals surface area contributed by atoms with Crippen molar-refractivity contribution in [1.82, 2.24) is 0 Å². The van der Waals surface area contributed by atoms with Gasteiger partial charge in [-0.1, -0.05) is 20.8 Å². The first kappa shape index (κ1) is 15.3. The second-order valence-corrected chi connectivity index (χ2v) is 5.40. The number of methoxy groups -OCH3 is 2. The maximum atomic E-state index is 12.0. The van der Waals surface area contributed by atoms with E-state index in [2.05, 4.69) is 5.32 Å². The van der Waals surface area contributed by atoms with Crippen molar-refractivity contribution in [3.63, 3.8) is 0 Å². The molecule has 0 aliphatic carbocycles.